The zero-order valence-corrected chi connectivity index (χ0v) is 17.3. The fourth-order valence-electron chi connectivity index (χ4n) is 3.01. The molecule has 3 rings (SSSR count). The zero-order chi connectivity index (χ0) is 22.8. The molecule has 3 aromatic rings. The lowest BCUT2D eigenvalue weighted by Crippen LogP contribution is -2.28. The van der Waals surface area contributed by atoms with Crippen LogP contribution in [0.2, 0.25) is 5.02 Å². The van der Waals surface area contributed by atoms with Crippen molar-refractivity contribution in [3.63, 3.8) is 0 Å². The predicted molar refractivity (Wildman–Crippen MR) is 109 cm³/mol. The molecule has 0 saturated carbocycles. The molecule has 31 heavy (non-hydrogen) atoms. The van der Waals surface area contributed by atoms with E-state index in [1.165, 1.54) is 38.4 Å². The number of aromatic nitrogens is 2. The van der Waals surface area contributed by atoms with Crippen LogP contribution in [0.15, 0.2) is 54.7 Å². The molecule has 0 aliphatic carbocycles. The number of carbonyl (C=O) groups is 2. The Morgan fingerprint density at radius 1 is 1.10 bits per heavy atom. The van der Waals surface area contributed by atoms with Crippen molar-refractivity contribution in [2.75, 3.05) is 14.1 Å². The molecule has 0 spiro atoms. The van der Waals surface area contributed by atoms with Gasteiger partial charge >= 0.3 is 6.18 Å². The van der Waals surface area contributed by atoms with E-state index < -0.39 is 23.3 Å². The number of benzene rings is 2. The maximum absolute atomic E-state index is 13.8. The molecule has 2 aromatic carbocycles. The normalized spacial score (nSPS) is 11.3. The molecule has 162 valence electrons. The third-order valence-corrected chi connectivity index (χ3v) is 4.80. The lowest BCUT2D eigenvalue weighted by molar-refractivity contribution is -0.143. The first-order valence-corrected chi connectivity index (χ1v) is 9.47. The summed E-state index contributed by atoms with van der Waals surface area (Å²) in [5.41, 5.74) is -0.511. The molecule has 0 bridgehead atoms. The van der Waals surface area contributed by atoms with E-state index in [4.69, 9.17) is 11.6 Å². The molecule has 0 aliphatic rings. The van der Waals surface area contributed by atoms with Gasteiger partial charge in [-0.05, 0) is 42.0 Å². The molecular weight excluding hydrogens is 433 g/mol. The van der Waals surface area contributed by atoms with Crippen LogP contribution in [0, 0.1) is 0 Å². The van der Waals surface area contributed by atoms with Gasteiger partial charge in [0.1, 0.15) is 0 Å². The van der Waals surface area contributed by atoms with Crippen LogP contribution < -0.4 is 5.32 Å². The average Bonchev–Trinajstić information content (AvgIpc) is 3.19. The lowest BCUT2D eigenvalue weighted by Gasteiger charge is -2.19. The summed E-state index contributed by atoms with van der Waals surface area (Å²) < 4.78 is 42.1. The van der Waals surface area contributed by atoms with Crippen molar-refractivity contribution in [1.82, 2.24) is 20.0 Å². The van der Waals surface area contributed by atoms with E-state index in [2.05, 4.69) is 10.4 Å². The van der Waals surface area contributed by atoms with Gasteiger partial charge < -0.3 is 10.2 Å². The van der Waals surface area contributed by atoms with Crippen molar-refractivity contribution in [2.45, 2.75) is 12.7 Å². The highest BCUT2D eigenvalue weighted by Crippen LogP contribution is 2.34. The number of halogens is 4. The predicted octanol–water partition coefficient (Wildman–Crippen LogP) is 4.18. The number of carbonyl (C=O) groups excluding carboxylic acids is 2. The minimum absolute atomic E-state index is 0.0519. The molecule has 0 saturated heterocycles. The summed E-state index contributed by atoms with van der Waals surface area (Å²) in [7, 11) is 2.90. The number of hydrogen-bond donors (Lipinski definition) is 1. The smallest absolute Gasteiger partial charge is 0.355 e. The van der Waals surface area contributed by atoms with Crippen molar-refractivity contribution in [1.29, 1.82) is 0 Å². The molecule has 0 aliphatic heterocycles. The number of amides is 2. The maximum atomic E-state index is 13.8. The van der Waals surface area contributed by atoms with Gasteiger partial charge in [-0.1, -0.05) is 23.7 Å². The number of rotatable bonds is 5. The molecule has 1 aromatic heterocycles. The summed E-state index contributed by atoms with van der Waals surface area (Å²) in [5.74, 6) is -1.09. The zero-order valence-electron chi connectivity index (χ0n) is 16.6. The van der Waals surface area contributed by atoms with E-state index >= 15 is 0 Å². The van der Waals surface area contributed by atoms with Crippen molar-refractivity contribution >= 4 is 23.4 Å². The van der Waals surface area contributed by atoms with Crippen LogP contribution in [0.3, 0.4) is 0 Å². The molecule has 0 fully saturated rings. The number of alkyl halides is 3. The van der Waals surface area contributed by atoms with Gasteiger partial charge in [0.25, 0.3) is 11.8 Å². The van der Waals surface area contributed by atoms with Gasteiger partial charge in [0.05, 0.1) is 17.4 Å². The minimum atomic E-state index is -4.81. The first kappa shape index (κ1) is 22.4. The highest BCUT2D eigenvalue weighted by atomic mass is 35.5. The Hall–Kier alpha value is -3.33. The second-order valence-electron chi connectivity index (χ2n) is 6.73. The summed E-state index contributed by atoms with van der Waals surface area (Å²) >= 11 is 5.80. The first-order valence-electron chi connectivity index (χ1n) is 9.09. The van der Waals surface area contributed by atoms with Crippen LogP contribution in [0.4, 0.5) is 13.2 Å². The van der Waals surface area contributed by atoms with Crippen LogP contribution in [0.5, 0.6) is 0 Å². The summed E-state index contributed by atoms with van der Waals surface area (Å²) in [6.45, 7) is 0.0519. The number of nitrogens with one attached hydrogen (secondary N) is 1. The van der Waals surface area contributed by atoms with Gasteiger partial charge in [0, 0.05) is 31.2 Å². The van der Waals surface area contributed by atoms with E-state index in [1.54, 1.807) is 24.3 Å². The summed E-state index contributed by atoms with van der Waals surface area (Å²) in [4.78, 5) is 25.6. The topological polar surface area (TPSA) is 67.2 Å². The Labute approximate surface area is 181 Å². The van der Waals surface area contributed by atoms with Gasteiger partial charge in [-0.25, -0.2) is 4.68 Å². The fraction of sp³-hybridized carbons (Fsp3) is 0.190. The second-order valence-corrected chi connectivity index (χ2v) is 7.17. The van der Waals surface area contributed by atoms with E-state index in [-0.39, 0.29) is 18.1 Å². The second kappa shape index (κ2) is 8.81. The van der Waals surface area contributed by atoms with Gasteiger partial charge in [0.15, 0.2) is 5.69 Å². The number of nitrogens with zero attached hydrogens (tertiary/aromatic N) is 3. The Bertz CT molecular complexity index is 1090. The van der Waals surface area contributed by atoms with Gasteiger partial charge in [-0.15, -0.1) is 0 Å². The Balaban J connectivity index is 1.88. The molecule has 10 heteroatoms. The van der Waals surface area contributed by atoms with Crippen LogP contribution in [-0.4, -0.2) is 40.6 Å². The third-order valence-electron chi connectivity index (χ3n) is 4.55. The average molecular weight is 451 g/mol. The van der Waals surface area contributed by atoms with E-state index in [9.17, 15) is 22.8 Å². The van der Waals surface area contributed by atoms with Crippen molar-refractivity contribution in [3.8, 4) is 5.69 Å². The quantitative estimate of drug-likeness (QED) is 0.634. The van der Waals surface area contributed by atoms with E-state index in [0.717, 1.165) is 11.1 Å². The first-order chi connectivity index (χ1) is 14.6. The fourth-order valence-corrected chi connectivity index (χ4v) is 3.14. The Morgan fingerprint density at radius 2 is 1.71 bits per heavy atom. The highest BCUT2D eigenvalue weighted by Gasteiger charge is 2.41. The summed E-state index contributed by atoms with van der Waals surface area (Å²) in [5, 5.41) is 6.65. The molecule has 0 radical (unpaired) electrons. The Morgan fingerprint density at radius 3 is 2.26 bits per heavy atom. The van der Waals surface area contributed by atoms with Crippen LogP contribution in [0.1, 0.15) is 32.0 Å². The lowest BCUT2D eigenvalue weighted by atomic mass is 10.1. The Kier molecular flexibility index (Phi) is 6.35. The summed E-state index contributed by atoms with van der Waals surface area (Å²) in [6, 6.07) is 12.1. The van der Waals surface area contributed by atoms with E-state index in [1.807, 2.05) is 0 Å². The molecule has 6 nitrogen and oxygen atoms in total. The van der Waals surface area contributed by atoms with Gasteiger partial charge in [-0.3, -0.25) is 9.59 Å². The molecule has 0 atom stereocenters. The molecule has 2 amide bonds. The maximum Gasteiger partial charge on any atom is 0.434 e. The molecule has 0 unspecified atom stereocenters. The molecular formula is C21H18ClF3N4O2. The largest absolute Gasteiger partial charge is 0.434 e. The van der Waals surface area contributed by atoms with Gasteiger partial charge in [0.2, 0.25) is 0 Å². The third kappa shape index (κ3) is 4.88. The van der Waals surface area contributed by atoms with Crippen molar-refractivity contribution in [3.05, 3.63) is 82.1 Å². The van der Waals surface area contributed by atoms with Crippen LogP contribution >= 0.6 is 11.6 Å². The number of hydrogen-bond acceptors (Lipinski definition) is 3. The molecule has 1 N–H and O–H groups in total. The monoisotopic (exact) mass is 450 g/mol. The standard InChI is InChI=1S/C21H18ClF3N4O2/c1-26-19(30)14-5-3-13(4-6-14)12-28(2)20(31)17-11-27-29(18(17)21(23,24)25)16-9-7-15(22)8-10-16/h3-11H,12H2,1-2H3,(H,26,30). The van der Waals surface area contributed by atoms with Crippen LogP contribution in [0.25, 0.3) is 5.69 Å². The molecule has 1 heterocycles. The van der Waals surface area contributed by atoms with Crippen LogP contribution in [-0.2, 0) is 12.7 Å². The van der Waals surface area contributed by atoms with E-state index in [0.29, 0.717) is 20.8 Å². The minimum Gasteiger partial charge on any atom is -0.355 e. The van der Waals surface area contributed by atoms with Crippen molar-refractivity contribution < 1.29 is 22.8 Å². The SMILES string of the molecule is CNC(=O)c1ccc(CN(C)C(=O)c2cnn(-c3ccc(Cl)cc3)c2C(F)(F)F)cc1. The highest BCUT2D eigenvalue weighted by molar-refractivity contribution is 6.30. The van der Waals surface area contributed by atoms with Gasteiger partial charge in [-0.2, -0.15) is 18.3 Å². The summed E-state index contributed by atoms with van der Waals surface area (Å²) in [6.07, 6.45) is -3.90. The van der Waals surface area contributed by atoms with Crippen molar-refractivity contribution in [2.24, 2.45) is 0 Å².